The number of aryl methyl sites for hydroxylation is 1. The van der Waals surface area contributed by atoms with Gasteiger partial charge < -0.3 is 0 Å². The van der Waals surface area contributed by atoms with Gasteiger partial charge in [-0.1, -0.05) is 0 Å². The van der Waals surface area contributed by atoms with Crippen molar-refractivity contribution in [2.75, 3.05) is 0 Å². The maximum atomic E-state index is 6.27. The second-order valence-electron chi connectivity index (χ2n) is 9.43. The van der Waals surface area contributed by atoms with E-state index in [9.17, 15) is 0 Å². The predicted octanol–water partition coefficient (Wildman–Crippen LogP) is 6.60. The Balaban J connectivity index is 1.72. The Labute approximate surface area is 188 Å². The molecule has 0 saturated carbocycles. The average molecular weight is 478 g/mol. The zero-order valence-corrected chi connectivity index (χ0v) is 20.7. The summed E-state index contributed by atoms with van der Waals surface area (Å²) in [7, 11) is 0. The molecule has 3 aromatic heterocycles. The third-order valence-corrected chi connectivity index (χ3v) is 10.5. The van der Waals surface area contributed by atoms with Crippen LogP contribution in [0.25, 0.3) is 55.0 Å². The molecule has 0 radical (unpaired) electrons. The second kappa shape index (κ2) is 6.87. The molecule has 0 aliphatic carbocycles. The number of aromatic nitrogens is 3. The van der Waals surface area contributed by atoms with E-state index >= 15 is 0 Å². The third-order valence-electron chi connectivity index (χ3n) is 6.21. The Morgan fingerprint density at radius 3 is 2.44 bits per heavy atom. The van der Waals surface area contributed by atoms with Crippen molar-refractivity contribution in [3.63, 3.8) is 0 Å². The van der Waals surface area contributed by atoms with Crippen LogP contribution in [0, 0.1) is 6.92 Å². The fraction of sp³-hybridized carbons (Fsp3) is 0.148. The topological polar surface area (TPSA) is 51.8 Å². The summed E-state index contributed by atoms with van der Waals surface area (Å²) in [5, 5.41) is 5.65. The average Bonchev–Trinajstić information content (AvgIpc) is 3.15. The molecule has 4 nitrogen and oxygen atoms in total. The SMILES string of the molecule is Cc1ccc2c(n1)oc1c(-c3ncnc4c3ccc3ccc[c]([Ge]([CH3])([CH3])[CH3])c34)cccc12. The first kappa shape index (κ1) is 19.4. The molecule has 0 spiro atoms. The van der Waals surface area contributed by atoms with Gasteiger partial charge in [-0.15, -0.1) is 0 Å². The van der Waals surface area contributed by atoms with Gasteiger partial charge in [0.15, 0.2) is 0 Å². The summed E-state index contributed by atoms with van der Waals surface area (Å²) in [6.07, 6.45) is 1.69. The molecule has 0 aliphatic rings. The van der Waals surface area contributed by atoms with Gasteiger partial charge in [0.05, 0.1) is 0 Å². The van der Waals surface area contributed by atoms with Crippen LogP contribution in [-0.2, 0) is 0 Å². The number of pyridine rings is 1. The number of fused-ring (bicyclic) bond motifs is 6. The number of benzene rings is 3. The number of hydrogen-bond acceptors (Lipinski definition) is 4. The number of nitrogens with zero attached hydrogens (tertiary/aromatic N) is 3. The molecule has 3 aromatic carbocycles. The van der Waals surface area contributed by atoms with E-state index in [1.54, 1.807) is 6.33 Å². The van der Waals surface area contributed by atoms with Crippen molar-refractivity contribution in [3.05, 3.63) is 72.7 Å². The Hall–Kier alpha value is -3.25. The van der Waals surface area contributed by atoms with Crippen molar-refractivity contribution in [1.82, 2.24) is 15.0 Å². The monoisotopic (exact) mass is 479 g/mol. The van der Waals surface area contributed by atoms with Gasteiger partial charge >= 0.3 is 189 Å². The van der Waals surface area contributed by atoms with Crippen LogP contribution in [0.5, 0.6) is 0 Å². The molecule has 0 amide bonds. The molecule has 5 heteroatoms. The zero-order valence-electron chi connectivity index (χ0n) is 18.6. The van der Waals surface area contributed by atoms with Crippen LogP contribution in [0.2, 0.25) is 17.3 Å². The van der Waals surface area contributed by atoms with Crippen LogP contribution >= 0.6 is 0 Å². The summed E-state index contributed by atoms with van der Waals surface area (Å²) in [5.74, 6) is 7.29. The molecule has 3 heterocycles. The summed E-state index contributed by atoms with van der Waals surface area (Å²) in [6.45, 7) is 1.98. The van der Waals surface area contributed by atoms with E-state index in [-0.39, 0.29) is 0 Å². The van der Waals surface area contributed by atoms with Crippen molar-refractivity contribution in [1.29, 1.82) is 0 Å². The molecule has 0 atom stereocenters. The molecule has 6 rings (SSSR count). The van der Waals surface area contributed by atoms with E-state index in [0.29, 0.717) is 5.71 Å². The van der Waals surface area contributed by atoms with Crippen LogP contribution in [0.15, 0.2) is 71.4 Å². The molecular formula is C27H23GeN3O. The second-order valence-corrected chi connectivity index (χ2v) is 20.0. The molecule has 0 aliphatic heterocycles. The fourth-order valence-corrected chi connectivity index (χ4v) is 8.07. The van der Waals surface area contributed by atoms with E-state index in [4.69, 9.17) is 14.4 Å². The molecule has 0 saturated heterocycles. The van der Waals surface area contributed by atoms with E-state index < -0.39 is 13.3 Å². The third kappa shape index (κ3) is 2.86. The number of hydrogen-bond donors (Lipinski definition) is 0. The fourth-order valence-electron chi connectivity index (χ4n) is 4.70. The first-order valence-electron chi connectivity index (χ1n) is 10.9. The summed E-state index contributed by atoms with van der Waals surface area (Å²) < 4.78 is 7.74. The van der Waals surface area contributed by atoms with Gasteiger partial charge in [0, 0.05) is 0 Å². The van der Waals surface area contributed by atoms with Gasteiger partial charge in [0.1, 0.15) is 0 Å². The first-order valence-corrected chi connectivity index (χ1v) is 18.2. The normalized spacial score (nSPS) is 12.4. The van der Waals surface area contributed by atoms with Crippen LogP contribution in [0.1, 0.15) is 5.69 Å². The van der Waals surface area contributed by atoms with Gasteiger partial charge in [0.25, 0.3) is 0 Å². The molecule has 6 aromatic rings. The number of rotatable bonds is 2. The molecule has 156 valence electrons. The molecule has 32 heavy (non-hydrogen) atoms. The van der Waals surface area contributed by atoms with E-state index in [2.05, 4.69) is 76.8 Å². The summed E-state index contributed by atoms with van der Waals surface area (Å²) in [4.78, 5) is 14.1. The molecule has 0 bridgehead atoms. The Bertz CT molecular complexity index is 1680. The van der Waals surface area contributed by atoms with E-state index in [1.807, 2.05) is 13.0 Å². The van der Waals surface area contributed by atoms with Gasteiger partial charge in [-0.25, -0.2) is 0 Å². The minimum atomic E-state index is -2.12. The van der Waals surface area contributed by atoms with Crippen molar-refractivity contribution < 1.29 is 4.42 Å². The zero-order chi connectivity index (χ0) is 22.0. The first-order chi connectivity index (χ1) is 15.4. The summed E-state index contributed by atoms with van der Waals surface area (Å²) in [5.41, 5.74) is 5.32. The Morgan fingerprint density at radius 1 is 0.781 bits per heavy atom. The number of para-hydroxylation sites is 1. The van der Waals surface area contributed by atoms with Gasteiger partial charge in [-0.2, -0.15) is 0 Å². The van der Waals surface area contributed by atoms with Crippen LogP contribution in [0.3, 0.4) is 0 Å². The Morgan fingerprint density at radius 2 is 1.59 bits per heavy atom. The van der Waals surface area contributed by atoms with E-state index in [1.165, 1.54) is 15.2 Å². The van der Waals surface area contributed by atoms with Gasteiger partial charge in [-0.3, -0.25) is 0 Å². The van der Waals surface area contributed by atoms with Crippen molar-refractivity contribution in [2.24, 2.45) is 0 Å². The van der Waals surface area contributed by atoms with Crippen LogP contribution < -0.4 is 4.40 Å². The van der Waals surface area contributed by atoms with Gasteiger partial charge in [0.2, 0.25) is 0 Å². The molecule has 0 fully saturated rings. The van der Waals surface area contributed by atoms with Crippen molar-refractivity contribution in [3.8, 4) is 11.3 Å². The van der Waals surface area contributed by atoms with Gasteiger partial charge in [-0.05, 0) is 0 Å². The predicted molar refractivity (Wildman–Crippen MR) is 135 cm³/mol. The standard InChI is InChI=1S/C27H23GeN3O/c1-16-11-13-19-18-8-6-9-21(26(18)32-27(19)31-16)24-20-14-12-17-7-5-10-22(28(2,3)4)23(17)25(20)30-15-29-24/h5-15H,1-4H3. The molecule has 0 N–H and O–H groups in total. The minimum absolute atomic E-state index is 0.666. The molecule has 0 unspecified atom stereocenters. The Kier molecular flexibility index (Phi) is 4.18. The quantitative estimate of drug-likeness (QED) is 0.208. The van der Waals surface area contributed by atoms with Crippen molar-refractivity contribution >= 4 is 61.4 Å². The van der Waals surface area contributed by atoms with Crippen LogP contribution in [0.4, 0.5) is 0 Å². The van der Waals surface area contributed by atoms with E-state index in [0.717, 1.165) is 44.2 Å². The maximum absolute atomic E-state index is 6.27. The summed E-state index contributed by atoms with van der Waals surface area (Å²) in [6, 6.07) is 21.3. The van der Waals surface area contributed by atoms with Crippen molar-refractivity contribution in [2.45, 2.75) is 24.2 Å². The number of furan rings is 1. The van der Waals surface area contributed by atoms with Crippen LogP contribution in [-0.4, -0.2) is 28.2 Å². The summed E-state index contributed by atoms with van der Waals surface area (Å²) >= 11 is -2.12. The molecular weight excluding hydrogens is 455 g/mol.